The summed E-state index contributed by atoms with van der Waals surface area (Å²) in [5, 5.41) is 8.89. The van der Waals surface area contributed by atoms with E-state index in [1.165, 1.54) is 0 Å². The van der Waals surface area contributed by atoms with Gasteiger partial charge >= 0.3 is 180 Å². The number of halogens is 2. The van der Waals surface area contributed by atoms with Crippen LogP contribution in [0.15, 0.2) is 46.6 Å². The molecule has 2 aromatic rings. The van der Waals surface area contributed by atoms with E-state index < -0.39 is 13.9 Å². The fourth-order valence-electron chi connectivity index (χ4n) is 2.92. The fourth-order valence-corrected chi connectivity index (χ4v) is 10.8. The Morgan fingerprint density at radius 1 is 0.760 bits per heavy atom. The van der Waals surface area contributed by atoms with Crippen LogP contribution in [0.1, 0.15) is 27.7 Å². The van der Waals surface area contributed by atoms with E-state index in [-0.39, 0.29) is 0 Å². The first kappa shape index (κ1) is 19.4. The second kappa shape index (κ2) is 7.71. The number of azo groups is 1. The van der Waals surface area contributed by atoms with Crippen molar-refractivity contribution < 1.29 is 7.53 Å². The first-order valence-corrected chi connectivity index (χ1v) is 14.5. The first-order valence-electron chi connectivity index (χ1n) is 8.20. The van der Waals surface area contributed by atoms with Gasteiger partial charge < -0.3 is 0 Å². The summed E-state index contributed by atoms with van der Waals surface area (Å²) in [4.78, 5) is 0. The molecule has 0 radical (unpaired) electrons. The van der Waals surface area contributed by atoms with E-state index in [1.807, 2.05) is 36.4 Å². The Bertz CT molecular complexity index is 757. The van der Waals surface area contributed by atoms with E-state index in [9.17, 15) is 0 Å². The van der Waals surface area contributed by atoms with Crippen molar-refractivity contribution in [1.29, 1.82) is 0 Å². The van der Waals surface area contributed by atoms with Crippen LogP contribution in [0, 0.1) is 7.14 Å². The maximum atomic E-state index is 6.71. The van der Waals surface area contributed by atoms with Crippen LogP contribution in [-0.4, -0.2) is 13.9 Å². The van der Waals surface area contributed by atoms with Gasteiger partial charge in [-0.3, -0.25) is 0 Å². The molecule has 4 nitrogen and oxygen atoms in total. The predicted octanol–water partition coefficient (Wildman–Crippen LogP) is 7.34. The number of hydrogen-bond acceptors (Lipinski definition) is 4. The Labute approximate surface area is 179 Å². The molecule has 0 amide bonds. The number of rotatable bonds is 2. The van der Waals surface area contributed by atoms with Crippen molar-refractivity contribution in [2.45, 2.75) is 37.2 Å². The van der Waals surface area contributed by atoms with Gasteiger partial charge in [-0.2, -0.15) is 0 Å². The molecular weight excluding hydrogens is 603 g/mol. The molecule has 132 valence electrons. The van der Waals surface area contributed by atoms with E-state index >= 15 is 0 Å². The van der Waals surface area contributed by atoms with Crippen molar-refractivity contribution in [2.24, 2.45) is 10.2 Å². The van der Waals surface area contributed by atoms with Gasteiger partial charge in [0.1, 0.15) is 0 Å². The van der Waals surface area contributed by atoms with Gasteiger partial charge in [-0.15, -0.1) is 0 Å². The van der Waals surface area contributed by atoms with Crippen LogP contribution in [0.3, 0.4) is 0 Å². The SMILES string of the molecule is C[CH](C)[Ge]1([CH](C)C)[O]c2cc(I)ccc2N=Nc2ccc(I)cc2[O]1. The third kappa shape index (κ3) is 4.00. The van der Waals surface area contributed by atoms with Crippen LogP contribution >= 0.6 is 45.2 Å². The van der Waals surface area contributed by atoms with Gasteiger partial charge in [0, 0.05) is 0 Å². The molecule has 1 heterocycles. The van der Waals surface area contributed by atoms with Crippen LogP contribution in [0.5, 0.6) is 11.5 Å². The number of fused-ring (bicyclic) bond motifs is 2. The summed E-state index contributed by atoms with van der Waals surface area (Å²) in [6.07, 6.45) is 0. The van der Waals surface area contributed by atoms with Gasteiger partial charge in [-0.05, 0) is 0 Å². The first-order chi connectivity index (χ1) is 11.8. The normalized spacial score (nSPS) is 15.5. The Morgan fingerprint density at radius 2 is 1.16 bits per heavy atom. The molecule has 7 heteroatoms. The van der Waals surface area contributed by atoms with E-state index in [2.05, 4.69) is 83.1 Å². The van der Waals surface area contributed by atoms with Gasteiger partial charge in [0.05, 0.1) is 0 Å². The van der Waals surface area contributed by atoms with Gasteiger partial charge in [0.2, 0.25) is 0 Å². The van der Waals surface area contributed by atoms with Crippen molar-refractivity contribution in [2.75, 3.05) is 0 Å². The van der Waals surface area contributed by atoms with Crippen LogP contribution in [0.2, 0.25) is 9.50 Å². The summed E-state index contributed by atoms with van der Waals surface area (Å²) in [7, 11) is 0. The third-order valence-corrected chi connectivity index (χ3v) is 14.6. The predicted molar refractivity (Wildman–Crippen MR) is 120 cm³/mol. The molecular formula is C18H20GeI2N2O2. The van der Waals surface area contributed by atoms with Crippen LogP contribution in [0.4, 0.5) is 11.4 Å². The summed E-state index contributed by atoms with van der Waals surface area (Å²) in [5.74, 6) is 1.56. The standard InChI is InChI=1S/C18H20GeI2N2O2/c1-11(2)19(12(3)4)24-17-9-13(20)5-7-15(17)22-23-16-8-6-14(21)10-18(16)25-19/h5-12H,1-4H3. The summed E-state index contributed by atoms with van der Waals surface area (Å²) in [6, 6.07) is 12.0. The Morgan fingerprint density at radius 3 is 1.52 bits per heavy atom. The Balaban J connectivity index is 2.25. The zero-order chi connectivity index (χ0) is 18.2. The third-order valence-electron chi connectivity index (χ3n) is 4.26. The molecule has 0 saturated heterocycles. The summed E-state index contributed by atoms with van der Waals surface area (Å²) in [5.41, 5.74) is 1.51. The molecule has 1 aliphatic heterocycles. The van der Waals surface area contributed by atoms with Crippen molar-refractivity contribution in [3.8, 4) is 11.5 Å². The van der Waals surface area contributed by atoms with Crippen molar-refractivity contribution in [3.63, 3.8) is 0 Å². The maximum absolute atomic E-state index is 6.71. The van der Waals surface area contributed by atoms with E-state index in [4.69, 9.17) is 7.53 Å². The average Bonchev–Trinajstić information content (AvgIpc) is 2.60. The molecule has 0 spiro atoms. The molecule has 0 bridgehead atoms. The van der Waals surface area contributed by atoms with Crippen LogP contribution < -0.4 is 7.53 Å². The van der Waals surface area contributed by atoms with Crippen molar-refractivity contribution >= 4 is 70.5 Å². The topological polar surface area (TPSA) is 43.2 Å². The molecule has 0 atom stereocenters. The van der Waals surface area contributed by atoms with Gasteiger partial charge in [-0.25, -0.2) is 0 Å². The molecule has 2 aromatic carbocycles. The van der Waals surface area contributed by atoms with E-state index in [0.29, 0.717) is 9.50 Å². The summed E-state index contributed by atoms with van der Waals surface area (Å²) >= 11 is 1.33. The van der Waals surface area contributed by atoms with Crippen LogP contribution in [-0.2, 0) is 0 Å². The molecule has 0 N–H and O–H groups in total. The summed E-state index contributed by atoms with van der Waals surface area (Å²) in [6.45, 7) is 8.81. The Kier molecular flexibility index (Phi) is 5.99. The molecule has 0 fully saturated rings. The van der Waals surface area contributed by atoms with Gasteiger partial charge in [0.15, 0.2) is 0 Å². The monoisotopic (exact) mass is 624 g/mol. The van der Waals surface area contributed by atoms with Crippen molar-refractivity contribution in [3.05, 3.63) is 43.5 Å². The zero-order valence-electron chi connectivity index (χ0n) is 14.6. The van der Waals surface area contributed by atoms with Crippen LogP contribution in [0.25, 0.3) is 0 Å². The molecule has 0 aromatic heterocycles. The van der Waals surface area contributed by atoms with Gasteiger partial charge in [-0.1, -0.05) is 0 Å². The molecule has 3 rings (SSSR count). The minimum absolute atomic E-state index is 0.314. The zero-order valence-corrected chi connectivity index (χ0v) is 21.0. The molecule has 0 unspecified atom stereocenters. The minimum atomic E-state index is -3.26. The van der Waals surface area contributed by atoms with Crippen molar-refractivity contribution in [1.82, 2.24) is 0 Å². The second-order valence-electron chi connectivity index (χ2n) is 6.66. The quantitative estimate of drug-likeness (QED) is 0.260. The number of benzene rings is 2. The van der Waals surface area contributed by atoms with Gasteiger partial charge in [0.25, 0.3) is 0 Å². The average molecular weight is 623 g/mol. The Hall–Kier alpha value is -0.357. The molecule has 1 aliphatic rings. The number of nitrogens with zero attached hydrogens (tertiary/aromatic N) is 2. The number of hydrogen-bond donors (Lipinski definition) is 0. The molecule has 25 heavy (non-hydrogen) atoms. The van der Waals surface area contributed by atoms with E-state index in [1.54, 1.807) is 0 Å². The second-order valence-corrected chi connectivity index (χ2v) is 17.9. The molecule has 0 aliphatic carbocycles. The summed E-state index contributed by atoms with van der Waals surface area (Å²) < 4.78 is 16.3. The molecule has 0 saturated carbocycles. The fraction of sp³-hybridized carbons (Fsp3) is 0.333. The van der Waals surface area contributed by atoms with E-state index in [0.717, 1.165) is 30.0 Å².